The number of nitrogens with zero attached hydrogens (tertiary/aromatic N) is 3. The van der Waals surface area contributed by atoms with E-state index in [-0.39, 0.29) is 33.9 Å². The zero-order valence-corrected chi connectivity index (χ0v) is 41.9. The van der Waals surface area contributed by atoms with Crippen LogP contribution in [0.4, 0.5) is 45.5 Å². The number of benzene rings is 7. The predicted octanol–water partition coefficient (Wildman–Crippen LogP) is 15.0. The molecular weight excluding hydrogens is 810 g/mol. The quantitative estimate of drug-likeness (QED) is 0.163. The number of hydrogen-bond acceptors (Lipinski definition) is 3. The molecule has 1 saturated carbocycles. The summed E-state index contributed by atoms with van der Waals surface area (Å²) in [5.41, 5.74) is 26.6. The molecule has 0 bridgehead atoms. The van der Waals surface area contributed by atoms with Crippen LogP contribution in [-0.4, -0.2) is 12.3 Å². The Bertz CT molecular complexity index is 3040. The fourth-order valence-corrected chi connectivity index (χ4v) is 13.5. The molecule has 336 valence electrons. The highest BCUT2D eigenvalue weighted by molar-refractivity contribution is 7.01. The summed E-state index contributed by atoms with van der Waals surface area (Å²) in [4.78, 5) is 8.14. The van der Waals surface area contributed by atoms with Crippen molar-refractivity contribution in [3.05, 3.63) is 172 Å². The van der Waals surface area contributed by atoms with E-state index in [2.05, 4.69) is 231 Å². The standard InChI is InChI=1S/C63H66BN3/c1-39-32-49-56-52(34-39)65(45-25-21-43(22-26-45)59(3,4)5)54-37-47(67-51-29-20-42(41-18-14-13-15-19-41)36-48(51)62(11)30-16-17-31-63(62,67)12)38-55-58(54)64(56)57-50(61(49,9)10)33-40(2)35-53(57)66(55)46-27-23-44(24-28-46)60(6,7)8/h13-15,18-29,32-38H,16-17,30-31H2,1-12H3. The highest BCUT2D eigenvalue weighted by Crippen LogP contribution is 2.62. The van der Waals surface area contributed by atoms with Crippen LogP contribution in [0.15, 0.2) is 133 Å². The van der Waals surface area contributed by atoms with Gasteiger partial charge >= 0.3 is 0 Å². The topological polar surface area (TPSA) is 9.72 Å². The maximum Gasteiger partial charge on any atom is 0.252 e. The minimum atomic E-state index is -0.209. The molecule has 4 heteroatoms. The number of rotatable bonds is 4. The van der Waals surface area contributed by atoms with Crippen molar-refractivity contribution in [1.82, 2.24) is 0 Å². The first-order valence-corrected chi connectivity index (χ1v) is 25.1. The van der Waals surface area contributed by atoms with Gasteiger partial charge in [0.15, 0.2) is 0 Å². The fourth-order valence-electron chi connectivity index (χ4n) is 13.5. The van der Waals surface area contributed by atoms with E-state index in [0.717, 1.165) is 6.42 Å². The molecule has 0 radical (unpaired) electrons. The van der Waals surface area contributed by atoms with Crippen molar-refractivity contribution in [2.45, 2.75) is 136 Å². The van der Waals surface area contributed by atoms with Crippen molar-refractivity contribution in [2.24, 2.45) is 0 Å². The molecule has 3 nitrogen and oxygen atoms in total. The van der Waals surface area contributed by atoms with E-state index >= 15 is 0 Å². The second-order valence-corrected chi connectivity index (χ2v) is 24.0. The number of hydrogen-bond donors (Lipinski definition) is 0. The fraction of sp³-hybridized carbons (Fsp3) is 0.333. The summed E-state index contributed by atoms with van der Waals surface area (Å²) < 4.78 is 0. The first-order valence-electron chi connectivity index (χ1n) is 25.1. The molecule has 2 atom stereocenters. The molecule has 2 unspecified atom stereocenters. The smallest absolute Gasteiger partial charge is 0.252 e. The van der Waals surface area contributed by atoms with Gasteiger partial charge < -0.3 is 14.7 Å². The first-order chi connectivity index (χ1) is 31.8. The van der Waals surface area contributed by atoms with Crippen molar-refractivity contribution in [1.29, 1.82) is 0 Å². The largest absolute Gasteiger partial charge is 0.334 e. The Morgan fingerprint density at radius 3 is 1.45 bits per heavy atom. The lowest BCUT2D eigenvalue weighted by molar-refractivity contribution is 0.195. The maximum absolute atomic E-state index is 2.81. The van der Waals surface area contributed by atoms with Crippen LogP contribution in [0.3, 0.4) is 0 Å². The number of aryl methyl sites for hydroxylation is 2. The summed E-state index contributed by atoms with van der Waals surface area (Å²) in [5.74, 6) is 0. The van der Waals surface area contributed by atoms with Gasteiger partial charge in [-0.1, -0.05) is 148 Å². The van der Waals surface area contributed by atoms with Gasteiger partial charge in [-0.15, -0.1) is 0 Å². The second kappa shape index (κ2) is 14.0. The van der Waals surface area contributed by atoms with Crippen molar-refractivity contribution in [2.75, 3.05) is 14.7 Å². The molecular formula is C63H66BN3. The van der Waals surface area contributed by atoms with Gasteiger partial charge in [0.05, 0.1) is 5.54 Å². The van der Waals surface area contributed by atoms with Crippen molar-refractivity contribution < 1.29 is 0 Å². The third-order valence-corrected chi connectivity index (χ3v) is 17.4. The summed E-state index contributed by atoms with van der Waals surface area (Å²) in [5, 5.41) is 0. The molecule has 7 aromatic rings. The Balaban J connectivity index is 1.19. The Labute approximate surface area is 401 Å². The van der Waals surface area contributed by atoms with Crippen molar-refractivity contribution >= 4 is 68.6 Å². The first kappa shape index (κ1) is 42.4. The molecule has 67 heavy (non-hydrogen) atoms. The van der Waals surface area contributed by atoms with E-state index in [1.54, 1.807) is 0 Å². The minimum absolute atomic E-state index is 0.0321. The monoisotopic (exact) mass is 876 g/mol. The van der Waals surface area contributed by atoms with E-state index in [0.29, 0.717) is 0 Å². The predicted molar refractivity (Wildman–Crippen MR) is 288 cm³/mol. The van der Waals surface area contributed by atoms with Crippen LogP contribution in [-0.2, 0) is 21.7 Å². The summed E-state index contributed by atoms with van der Waals surface area (Å²) in [6.45, 7) is 28.8. The zero-order chi connectivity index (χ0) is 46.7. The van der Waals surface area contributed by atoms with Crippen LogP contribution in [0.1, 0.15) is 134 Å². The van der Waals surface area contributed by atoms with Crippen LogP contribution in [0.2, 0.25) is 0 Å². The highest BCUT2D eigenvalue weighted by atomic mass is 15.3. The molecule has 1 fully saturated rings. The van der Waals surface area contributed by atoms with Gasteiger partial charge in [-0.2, -0.15) is 0 Å². The summed E-state index contributed by atoms with van der Waals surface area (Å²) in [6.07, 6.45) is 4.77. The van der Waals surface area contributed by atoms with E-state index in [9.17, 15) is 0 Å². The number of anilines is 8. The van der Waals surface area contributed by atoms with Crippen LogP contribution >= 0.6 is 0 Å². The van der Waals surface area contributed by atoms with Gasteiger partial charge in [0.1, 0.15) is 0 Å². The number of fused-ring (bicyclic) bond motifs is 3. The van der Waals surface area contributed by atoms with Crippen LogP contribution < -0.4 is 31.1 Å². The SMILES string of the molecule is Cc1cc2c3c(c1)C(C)(C)c1cc(C)cc4c1B3c1c(cc(N3c5ccc(-c6ccccc6)cc5C5(C)CCCCC35C)cc1N4c1ccc(C(C)(C)C)cc1)N2c1ccc(C(C)(C)C)cc1. The van der Waals surface area contributed by atoms with Crippen LogP contribution in [0.5, 0.6) is 0 Å². The lowest BCUT2D eigenvalue weighted by Crippen LogP contribution is -2.67. The Morgan fingerprint density at radius 1 is 0.448 bits per heavy atom. The van der Waals surface area contributed by atoms with E-state index in [1.807, 2.05) is 0 Å². The van der Waals surface area contributed by atoms with Gasteiger partial charge in [-0.05, 0) is 172 Å². The maximum atomic E-state index is 2.81. The average molecular weight is 876 g/mol. The molecule has 0 aromatic heterocycles. The Kier molecular flexibility index (Phi) is 8.87. The van der Waals surface area contributed by atoms with Crippen LogP contribution in [0.25, 0.3) is 11.1 Å². The molecule has 0 saturated heterocycles. The molecule has 4 aliphatic heterocycles. The Morgan fingerprint density at radius 2 is 0.940 bits per heavy atom. The van der Waals surface area contributed by atoms with Crippen LogP contribution in [0, 0.1) is 13.8 Å². The average Bonchev–Trinajstić information content (AvgIpc) is 3.50. The normalized spacial score (nSPS) is 20.7. The van der Waals surface area contributed by atoms with Gasteiger partial charge in [0, 0.05) is 56.3 Å². The van der Waals surface area contributed by atoms with Gasteiger partial charge in [-0.25, -0.2) is 0 Å². The third-order valence-electron chi connectivity index (χ3n) is 17.4. The van der Waals surface area contributed by atoms with E-state index in [1.165, 1.54) is 131 Å². The molecule has 0 amide bonds. The summed E-state index contributed by atoms with van der Waals surface area (Å²) in [6, 6.07) is 52.7. The van der Waals surface area contributed by atoms with Gasteiger partial charge in [0.2, 0.25) is 0 Å². The van der Waals surface area contributed by atoms with Gasteiger partial charge in [0.25, 0.3) is 6.71 Å². The van der Waals surface area contributed by atoms with Crippen molar-refractivity contribution in [3.63, 3.8) is 0 Å². The lowest BCUT2D eigenvalue weighted by Gasteiger charge is -2.52. The molecule has 7 aromatic carbocycles. The highest BCUT2D eigenvalue weighted by Gasteiger charge is 2.59. The van der Waals surface area contributed by atoms with Crippen molar-refractivity contribution in [3.8, 4) is 11.1 Å². The molecule has 0 N–H and O–H groups in total. The van der Waals surface area contributed by atoms with E-state index < -0.39 is 0 Å². The molecule has 1 aliphatic carbocycles. The molecule has 12 rings (SSSR count). The second-order valence-electron chi connectivity index (χ2n) is 24.0. The summed E-state index contributed by atoms with van der Waals surface area (Å²) >= 11 is 0. The molecule has 4 heterocycles. The Hall–Kier alpha value is -6.00. The van der Waals surface area contributed by atoms with Gasteiger partial charge in [-0.3, -0.25) is 0 Å². The summed E-state index contributed by atoms with van der Waals surface area (Å²) in [7, 11) is 0. The van der Waals surface area contributed by atoms with E-state index in [4.69, 9.17) is 0 Å². The molecule has 0 spiro atoms. The molecule has 5 aliphatic rings. The third kappa shape index (κ3) is 5.90. The zero-order valence-electron chi connectivity index (χ0n) is 41.9. The lowest BCUT2D eigenvalue weighted by atomic mass is 9.28. The minimum Gasteiger partial charge on any atom is -0.334 e.